The van der Waals surface area contributed by atoms with E-state index in [-0.39, 0.29) is 19.1 Å². The molecular weight excluding hydrogens is 224 g/mol. The molecule has 94 valence electrons. The Kier molecular flexibility index (Phi) is 4.84. The van der Waals surface area contributed by atoms with Gasteiger partial charge in [0.2, 0.25) is 0 Å². The number of rotatable bonds is 7. The largest absolute Gasteiger partial charge is 0.481 e. The molecule has 2 unspecified atom stereocenters. The second-order valence-corrected chi connectivity index (χ2v) is 3.69. The molecule has 0 aromatic carbocycles. The summed E-state index contributed by atoms with van der Waals surface area (Å²) >= 11 is 0. The number of hydrogen-bond acceptors (Lipinski definition) is 4. The van der Waals surface area contributed by atoms with Crippen molar-refractivity contribution in [1.29, 1.82) is 0 Å². The van der Waals surface area contributed by atoms with Crippen LogP contribution in [-0.4, -0.2) is 33.4 Å². The van der Waals surface area contributed by atoms with Crippen LogP contribution in [0.5, 0.6) is 0 Å². The highest BCUT2D eigenvalue weighted by Gasteiger charge is 2.24. The van der Waals surface area contributed by atoms with Crippen LogP contribution in [0, 0.1) is 5.92 Å². The number of ketones is 1. The maximum Gasteiger partial charge on any atom is 0.314 e. The molecule has 0 fully saturated rings. The van der Waals surface area contributed by atoms with Gasteiger partial charge in [0.15, 0.2) is 5.78 Å². The molecule has 1 aromatic heterocycles. The topological polar surface area (TPSA) is 92.3 Å². The summed E-state index contributed by atoms with van der Waals surface area (Å²) in [6.07, 6.45) is 3.15. The van der Waals surface area contributed by atoms with Crippen LogP contribution >= 0.6 is 0 Å². The highest BCUT2D eigenvalue weighted by Crippen LogP contribution is 2.13. The van der Waals surface area contributed by atoms with Gasteiger partial charge in [-0.2, -0.15) is 0 Å². The first kappa shape index (κ1) is 13.4. The highest BCUT2D eigenvalue weighted by molar-refractivity contribution is 5.98. The number of H-pyrrole nitrogens is 1. The average molecular weight is 240 g/mol. The second kappa shape index (κ2) is 6.15. The van der Waals surface area contributed by atoms with E-state index in [2.05, 4.69) is 9.97 Å². The molecule has 1 aromatic rings. The zero-order chi connectivity index (χ0) is 12.8. The Morgan fingerprint density at radius 3 is 2.76 bits per heavy atom. The molecular formula is C11H16N2O4. The zero-order valence-electron chi connectivity index (χ0n) is 9.84. The normalized spacial score (nSPS) is 14.2. The second-order valence-electron chi connectivity index (χ2n) is 3.69. The van der Waals surface area contributed by atoms with Gasteiger partial charge >= 0.3 is 5.97 Å². The summed E-state index contributed by atoms with van der Waals surface area (Å²) in [5.74, 6) is -1.90. The number of nitrogens with one attached hydrogen (secondary N) is 1. The van der Waals surface area contributed by atoms with Crippen LogP contribution in [0.2, 0.25) is 0 Å². The van der Waals surface area contributed by atoms with Crippen molar-refractivity contribution in [3.63, 3.8) is 0 Å². The lowest BCUT2D eigenvalue weighted by Crippen LogP contribution is -2.27. The van der Waals surface area contributed by atoms with E-state index >= 15 is 0 Å². The number of carbonyl (C=O) groups is 2. The van der Waals surface area contributed by atoms with E-state index in [1.54, 1.807) is 26.2 Å². The molecule has 6 heteroatoms. The van der Waals surface area contributed by atoms with Crippen LogP contribution in [0.15, 0.2) is 12.4 Å². The lowest BCUT2D eigenvalue weighted by molar-refractivity contribution is -0.148. The van der Waals surface area contributed by atoms with Gasteiger partial charge in [-0.15, -0.1) is 0 Å². The lowest BCUT2D eigenvalue weighted by Gasteiger charge is -2.12. The Hall–Kier alpha value is -1.69. The molecule has 0 aliphatic rings. The number of aromatic amines is 1. The summed E-state index contributed by atoms with van der Waals surface area (Å²) in [6.45, 7) is 3.19. The Bertz CT molecular complexity index is 375. The molecule has 1 heterocycles. The van der Waals surface area contributed by atoms with Gasteiger partial charge < -0.3 is 14.8 Å². The molecule has 0 aliphatic heterocycles. The average Bonchev–Trinajstić information content (AvgIpc) is 2.79. The lowest BCUT2D eigenvalue weighted by atomic mass is 10.0. The third-order valence-corrected chi connectivity index (χ3v) is 2.48. The fourth-order valence-electron chi connectivity index (χ4n) is 1.43. The minimum atomic E-state index is -1.10. The molecule has 6 nitrogen and oxygen atoms in total. The Morgan fingerprint density at radius 2 is 2.29 bits per heavy atom. The molecule has 1 rings (SSSR count). The summed E-state index contributed by atoms with van der Waals surface area (Å²) in [5.41, 5.74) is 0. The molecule has 0 amide bonds. The number of ether oxygens (including phenoxy) is 1. The number of carboxylic acid groups (broad SMARTS) is 1. The predicted octanol–water partition coefficient (Wildman–Crippen LogP) is 1.17. The maximum atomic E-state index is 11.6. The SMILES string of the molecule is CCC(C(=O)O)C(=O)COC(C)c1ncc[nH]1. The predicted molar refractivity (Wildman–Crippen MR) is 59.4 cm³/mol. The molecule has 0 spiro atoms. The quantitative estimate of drug-likeness (QED) is 0.698. The highest BCUT2D eigenvalue weighted by atomic mass is 16.5. The van der Waals surface area contributed by atoms with Gasteiger partial charge in [-0.3, -0.25) is 9.59 Å². The number of nitrogens with zero attached hydrogens (tertiary/aromatic N) is 1. The first-order chi connectivity index (χ1) is 8.06. The molecule has 2 atom stereocenters. The van der Waals surface area contributed by atoms with E-state index in [1.165, 1.54) is 0 Å². The van der Waals surface area contributed by atoms with Gasteiger partial charge in [-0.1, -0.05) is 6.92 Å². The van der Waals surface area contributed by atoms with E-state index in [0.717, 1.165) is 0 Å². The van der Waals surface area contributed by atoms with Crippen molar-refractivity contribution in [2.45, 2.75) is 26.4 Å². The number of Topliss-reactive ketones (excluding diaryl/α,β-unsaturated/α-hetero) is 1. The van der Waals surface area contributed by atoms with Gasteiger partial charge in [0.05, 0.1) is 0 Å². The number of carboxylic acids is 1. The number of aliphatic carboxylic acids is 1. The molecule has 0 saturated carbocycles. The van der Waals surface area contributed by atoms with E-state index in [4.69, 9.17) is 9.84 Å². The molecule has 0 saturated heterocycles. The molecule has 0 bridgehead atoms. The summed E-state index contributed by atoms with van der Waals surface area (Å²) in [5, 5.41) is 8.80. The van der Waals surface area contributed by atoms with E-state index in [0.29, 0.717) is 5.82 Å². The first-order valence-corrected chi connectivity index (χ1v) is 5.42. The van der Waals surface area contributed by atoms with Crippen LogP contribution in [0.1, 0.15) is 32.2 Å². The minimum Gasteiger partial charge on any atom is -0.481 e. The van der Waals surface area contributed by atoms with Crippen molar-refractivity contribution in [3.05, 3.63) is 18.2 Å². The van der Waals surface area contributed by atoms with E-state index in [9.17, 15) is 9.59 Å². The third-order valence-electron chi connectivity index (χ3n) is 2.48. The Morgan fingerprint density at radius 1 is 1.59 bits per heavy atom. The summed E-state index contributed by atoms with van der Waals surface area (Å²) in [6, 6.07) is 0. The van der Waals surface area contributed by atoms with Crippen LogP contribution in [0.4, 0.5) is 0 Å². The van der Waals surface area contributed by atoms with Gasteiger partial charge in [-0.05, 0) is 13.3 Å². The summed E-state index contributed by atoms with van der Waals surface area (Å²) in [7, 11) is 0. The molecule has 0 aliphatic carbocycles. The number of aromatic nitrogens is 2. The van der Waals surface area contributed by atoms with Gasteiger partial charge in [0.1, 0.15) is 24.5 Å². The Labute approximate surface area is 99.0 Å². The van der Waals surface area contributed by atoms with Crippen molar-refractivity contribution in [1.82, 2.24) is 9.97 Å². The monoisotopic (exact) mass is 240 g/mol. The van der Waals surface area contributed by atoms with Gasteiger partial charge in [0, 0.05) is 12.4 Å². The van der Waals surface area contributed by atoms with E-state index < -0.39 is 17.7 Å². The Balaban J connectivity index is 2.45. The fourth-order valence-corrected chi connectivity index (χ4v) is 1.43. The van der Waals surface area contributed by atoms with Crippen LogP contribution < -0.4 is 0 Å². The van der Waals surface area contributed by atoms with E-state index in [1.807, 2.05) is 0 Å². The van der Waals surface area contributed by atoms with Gasteiger partial charge in [-0.25, -0.2) is 4.98 Å². The van der Waals surface area contributed by atoms with Crippen molar-refractivity contribution in [2.75, 3.05) is 6.61 Å². The van der Waals surface area contributed by atoms with Crippen LogP contribution in [-0.2, 0) is 14.3 Å². The number of hydrogen-bond donors (Lipinski definition) is 2. The number of imidazole rings is 1. The van der Waals surface area contributed by atoms with Crippen LogP contribution in [0.25, 0.3) is 0 Å². The molecule has 0 radical (unpaired) electrons. The molecule has 2 N–H and O–H groups in total. The smallest absolute Gasteiger partial charge is 0.314 e. The first-order valence-electron chi connectivity index (χ1n) is 5.42. The van der Waals surface area contributed by atoms with Crippen LogP contribution in [0.3, 0.4) is 0 Å². The summed E-state index contributed by atoms with van der Waals surface area (Å²) in [4.78, 5) is 29.2. The summed E-state index contributed by atoms with van der Waals surface area (Å²) < 4.78 is 5.27. The van der Waals surface area contributed by atoms with Gasteiger partial charge in [0.25, 0.3) is 0 Å². The zero-order valence-corrected chi connectivity index (χ0v) is 9.84. The van der Waals surface area contributed by atoms with Crippen molar-refractivity contribution < 1.29 is 19.4 Å². The number of carbonyl (C=O) groups excluding carboxylic acids is 1. The fraction of sp³-hybridized carbons (Fsp3) is 0.545. The third kappa shape index (κ3) is 3.67. The standard InChI is InChI=1S/C11H16N2O4/c1-3-8(11(15)16)9(14)6-17-7(2)10-12-4-5-13-10/h4-5,7-8H,3,6H2,1-2H3,(H,12,13)(H,15,16). The van der Waals surface area contributed by atoms with Crippen molar-refractivity contribution in [3.8, 4) is 0 Å². The van der Waals surface area contributed by atoms with Crippen molar-refractivity contribution >= 4 is 11.8 Å². The maximum absolute atomic E-state index is 11.6. The minimum absolute atomic E-state index is 0.216. The molecule has 17 heavy (non-hydrogen) atoms. The van der Waals surface area contributed by atoms with Crippen molar-refractivity contribution in [2.24, 2.45) is 5.92 Å².